The maximum Gasteiger partial charge on any atom is 0.304 e. The fourth-order valence-corrected chi connectivity index (χ4v) is 3.34. The van der Waals surface area contributed by atoms with Crippen molar-refractivity contribution in [2.45, 2.75) is 50.2 Å². The fourth-order valence-electron chi connectivity index (χ4n) is 3.34. The van der Waals surface area contributed by atoms with Gasteiger partial charge in [0.1, 0.15) is 5.69 Å². The van der Waals surface area contributed by atoms with Gasteiger partial charge >= 0.3 is 5.97 Å². The van der Waals surface area contributed by atoms with Gasteiger partial charge in [0.2, 0.25) is 0 Å². The Morgan fingerprint density at radius 1 is 1.27 bits per heavy atom. The average Bonchev–Trinajstić information content (AvgIpc) is 3.11. The van der Waals surface area contributed by atoms with Crippen LogP contribution in [-0.4, -0.2) is 52.1 Å². The number of aromatic nitrogens is 1. The van der Waals surface area contributed by atoms with Gasteiger partial charge in [0, 0.05) is 30.9 Å². The van der Waals surface area contributed by atoms with Gasteiger partial charge in [-0.05, 0) is 44.9 Å². The van der Waals surface area contributed by atoms with Crippen molar-refractivity contribution in [2.24, 2.45) is 0 Å². The molecule has 1 aliphatic heterocycles. The van der Waals surface area contributed by atoms with Crippen LogP contribution in [0.2, 0.25) is 0 Å². The van der Waals surface area contributed by atoms with Gasteiger partial charge in [0.15, 0.2) is 0 Å². The molecule has 1 saturated heterocycles. The van der Waals surface area contributed by atoms with Crippen molar-refractivity contribution in [1.82, 2.24) is 14.8 Å². The lowest BCUT2D eigenvalue weighted by Gasteiger charge is -2.25. The lowest BCUT2D eigenvalue weighted by molar-refractivity contribution is -0.138. The molecule has 0 radical (unpaired) electrons. The third kappa shape index (κ3) is 3.16. The Kier molecular flexibility index (Phi) is 4.20. The fraction of sp³-hybridized carbons (Fsp3) is 0.625. The molecule has 0 spiro atoms. The van der Waals surface area contributed by atoms with E-state index in [1.807, 2.05) is 25.4 Å². The molecule has 1 aliphatic carbocycles. The van der Waals surface area contributed by atoms with E-state index in [2.05, 4.69) is 14.8 Å². The number of carboxylic acids is 1. The van der Waals surface area contributed by atoms with Crippen molar-refractivity contribution < 1.29 is 14.7 Å². The predicted octanol–water partition coefficient (Wildman–Crippen LogP) is 1.49. The summed E-state index contributed by atoms with van der Waals surface area (Å²) in [7, 11) is 1.95. The third-order valence-electron chi connectivity index (χ3n) is 4.85. The highest BCUT2D eigenvalue weighted by Gasteiger charge is 2.32. The first-order valence-corrected chi connectivity index (χ1v) is 7.95. The van der Waals surface area contributed by atoms with Gasteiger partial charge < -0.3 is 15.0 Å². The van der Waals surface area contributed by atoms with Crippen molar-refractivity contribution in [1.29, 1.82) is 0 Å². The normalized spacial score (nSPS) is 25.3. The van der Waals surface area contributed by atoms with E-state index in [1.54, 1.807) is 0 Å². The van der Waals surface area contributed by atoms with Crippen molar-refractivity contribution in [3.63, 3.8) is 0 Å². The molecular formula is C16H23N3O3. The first kappa shape index (κ1) is 15.1. The minimum Gasteiger partial charge on any atom is -0.481 e. The number of amides is 1. The number of rotatable bonds is 6. The molecule has 2 fully saturated rings. The molecule has 1 aromatic rings. The monoisotopic (exact) mass is 305 g/mol. The molecule has 1 saturated carbocycles. The molecule has 6 heteroatoms. The minimum absolute atomic E-state index is 0.0352. The van der Waals surface area contributed by atoms with Crippen LogP contribution in [0, 0.1) is 0 Å². The molecule has 2 aliphatic rings. The summed E-state index contributed by atoms with van der Waals surface area (Å²) in [5.41, 5.74) is 0.727. The number of hydrogen-bond donors (Lipinski definition) is 2. The molecule has 120 valence electrons. The number of nitrogens with one attached hydrogen (secondary N) is 1. The molecule has 2 heterocycles. The number of likely N-dealkylation sites (N-methyl/N-ethyl adjacent to an activating group) is 1. The third-order valence-corrected chi connectivity index (χ3v) is 4.85. The Hall–Kier alpha value is -1.82. The summed E-state index contributed by atoms with van der Waals surface area (Å²) < 4.78 is 2.06. The molecule has 1 aromatic heterocycles. The molecule has 1 amide bonds. The largest absolute Gasteiger partial charge is 0.481 e. The number of hydrogen-bond acceptors (Lipinski definition) is 3. The van der Waals surface area contributed by atoms with Crippen LogP contribution >= 0.6 is 0 Å². The van der Waals surface area contributed by atoms with Gasteiger partial charge in [0.25, 0.3) is 5.91 Å². The average molecular weight is 305 g/mol. The maximum absolute atomic E-state index is 12.3. The van der Waals surface area contributed by atoms with E-state index in [9.17, 15) is 9.59 Å². The quantitative estimate of drug-likeness (QED) is 0.835. The second kappa shape index (κ2) is 6.12. The zero-order chi connectivity index (χ0) is 15.7. The summed E-state index contributed by atoms with van der Waals surface area (Å²) >= 11 is 0. The van der Waals surface area contributed by atoms with Crippen LogP contribution in [0.15, 0.2) is 18.3 Å². The topological polar surface area (TPSA) is 74.6 Å². The van der Waals surface area contributed by atoms with E-state index in [1.165, 1.54) is 0 Å². The van der Waals surface area contributed by atoms with E-state index in [4.69, 9.17) is 5.11 Å². The van der Waals surface area contributed by atoms with Gasteiger partial charge in [-0.1, -0.05) is 0 Å². The molecular weight excluding hydrogens is 282 g/mol. The van der Waals surface area contributed by atoms with Crippen molar-refractivity contribution in [2.75, 3.05) is 13.6 Å². The van der Waals surface area contributed by atoms with Crippen molar-refractivity contribution in [3.8, 4) is 0 Å². The van der Waals surface area contributed by atoms with E-state index in [-0.39, 0.29) is 24.4 Å². The smallest absolute Gasteiger partial charge is 0.304 e. The van der Waals surface area contributed by atoms with Gasteiger partial charge in [-0.3, -0.25) is 14.5 Å². The van der Waals surface area contributed by atoms with Crippen molar-refractivity contribution in [3.05, 3.63) is 24.0 Å². The highest BCUT2D eigenvalue weighted by atomic mass is 16.4. The highest BCUT2D eigenvalue weighted by molar-refractivity contribution is 5.92. The van der Waals surface area contributed by atoms with E-state index < -0.39 is 5.97 Å². The minimum atomic E-state index is -0.760. The number of aliphatic carboxylic acids is 1. The Morgan fingerprint density at radius 3 is 2.68 bits per heavy atom. The standard InChI is InChI=1S/C16H23N3O3/c1-18-12(9-15(20)21)6-7-13(18)10-17-16(22)14-3-2-8-19(14)11-4-5-11/h2-3,8,11-13H,4-7,9-10H2,1H3,(H,17,22)(H,20,21)/t12-,13+/m1/s1. The number of carboxylic acid groups (broad SMARTS) is 1. The molecule has 0 aromatic carbocycles. The Bertz CT molecular complexity index is 565. The predicted molar refractivity (Wildman–Crippen MR) is 81.9 cm³/mol. The maximum atomic E-state index is 12.3. The highest BCUT2D eigenvalue weighted by Crippen LogP contribution is 2.36. The molecule has 0 bridgehead atoms. The van der Waals surface area contributed by atoms with Gasteiger partial charge in [-0.25, -0.2) is 0 Å². The molecule has 6 nitrogen and oxygen atoms in total. The van der Waals surface area contributed by atoms with Gasteiger partial charge in [0.05, 0.1) is 6.42 Å². The summed E-state index contributed by atoms with van der Waals surface area (Å²) in [6.07, 6.45) is 6.25. The number of likely N-dealkylation sites (tertiary alicyclic amines) is 1. The van der Waals surface area contributed by atoms with E-state index >= 15 is 0 Å². The molecule has 2 N–H and O–H groups in total. The van der Waals surface area contributed by atoms with Gasteiger partial charge in [-0.2, -0.15) is 0 Å². The first-order valence-electron chi connectivity index (χ1n) is 7.95. The Morgan fingerprint density at radius 2 is 2.00 bits per heavy atom. The molecule has 2 atom stereocenters. The second-order valence-electron chi connectivity index (χ2n) is 6.39. The van der Waals surface area contributed by atoms with Crippen LogP contribution in [0.5, 0.6) is 0 Å². The molecule has 3 rings (SSSR count). The summed E-state index contributed by atoms with van der Waals surface area (Å²) in [6.45, 7) is 0.571. The number of carbonyl (C=O) groups excluding carboxylic acids is 1. The second-order valence-corrected chi connectivity index (χ2v) is 6.39. The molecule has 22 heavy (non-hydrogen) atoms. The zero-order valence-corrected chi connectivity index (χ0v) is 12.9. The van der Waals surface area contributed by atoms with Crippen LogP contribution in [0.1, 0.15) is 48.6 Å². The van der Waals surface area contributed by atoms with Gasteiger partial charge in [-0.15, -0.1) is 0 Å². The van der Waals surface area contributed by atoms with Crippen LogP contribution < -0.4 is 5.32 Å². The van der Waals surface area contributed by atoms with Crippen LogP contribution in [0.25, 0.3) is 0 Å². The lowest BCUT2D eigenvalue weighted by atomic mass is 10.1. The zero-order valence-electron chi connectivity index (χ0n) is 12.9. The van der Waals surface area contributed by atoms with Crippen molar-refractivity contribution >= 4 is 11.9 Å². The van der Waals surface area contributed by atoms with Crippen LogP contribution in [-0.2, 0) is 4.79 Å². The summed E-state index contributed by atoms with van der Waals surface area (Å²) in [5, 5.41) is 11.9. The summed E-state index contributed by atoms with van der Waals surface area (Å²) in [6, 6.07) is 4.56. The first-order chi connectivity index (χ1) is 10.6. The van der Waals surface area contributed by atoms with Crippen LogP contribution in [0.3, 0.4) is 0 Å². The van der Waals surface area contributed by atoms with E-state index in [0.29, 0.717) is 12.6 Å². The van der Waals surface area contributed by atoms with Crippen LogP contribution in [0.4, 0.5) is 0 Å². The summed E-state index contributed by atoms with van der Waals surface area (Å²) in [4.78, 5) is 25.3. The SMILES string of the molecule is CN1[C@@H](CC(=O)O)CC[C@H]1CNC(=O)c1cccn1C1CC1. The lowest BCUT2D eigenvalue weighted by Crippen LogP contribution is -2.41. The number of nitrogens with zero attached hydrogens (tertiary/aromatic N) is 2. The summed E-state index contributed by atoms with van der Waals surface area (Å²) in [5.74, 6) is -0.796. The number of carbonyl (C=O) groups is 2. The Labute approximate surface area is 130 Å². The van der Waals surface area contributed by atoms with E-state index in [0.717, 1.165) is 31.4 Å². The Balaban J connectivity index is 1.53. The molecule has 0 unspecified atom stereocenters.